The van der Waals surface area contributed by atoms with E-state index in [2.05, 4.69) is 24.0 Å². The van der Waals surface area contributed by atoms with Gasteiger partial charge in [-0.15, -0.1) is 0 Å². The Morgan fingerprint density at radius 3 is 2.61 bits per heavy atom. The quantitative estimate of drug-likeness (QED) is 0.365. The molecule has 3 aromatic rings. The molecule has 2 fully saturated rings. The number of likely N-dealkylation sites (tertiary alicyclic amines) is 1. The lowest BCUT2D eigenvalue weighted by atomic mass is 10.0. The van der Waals surface area contributed by atoms with Crippen molar-refractivity contribution < 1.29 is 9.53 Å². The van der Waals surface area contributed by atoms with Gasteiger partial charge in [0.05, 0.1) is 12.6 Å². The Bertz CT molecular complexity index is 1200. The van der Waals surface area contributed by atoms with Crippen LogP contribution in [0.1, 0.15) is 61.4 Å². The third-order valence-corrected chi connectivity index (χ3v) is 7.34. The number of methoxy groups -OCH3 is 1. The van der Waals surface area contributed by atoms with Gasteiger partial charge >= 0.3 is 0 Å². The number of carbonyl (C=O) groups excluding carboxylic acids is 1. The number of rotatable bonds is 10. The first-order valence-electron chi connectivity index (χ1n) is 13.5. The van der Waals surface area contributed by atoms with Gasteiger partial charge in [-0.3, -0.25) is 9.69 Å². The Morgan fingerprint density at radius 1 is 1.14 bits per heavy atom. The van der Waals surface area contributed by atoms with Crippen molar-refractivity contribution in [3.8, 4) is 17.0 Å². The van der Waals surface area contributed by atoms with Crippen LogP contribution in [-0.2, 0) is 0 Å². The van der Waals surface area contributed by atoms with Crippen LogP contribution in [0.25, 0.3) is 22.9 Å². The monoisotopic (exact) mass is 486 g/mol. The molecule has 0 radical (unpaired) electrons. The molecule has 6 nitrogen and oxygen atoms in total. The van der Waals surface area contributed by atoms with Crippen LogP contribution in [-0.4, -0.2) is 65.2 Å². The zero-order valence-electron chi connectivity index (χ0n) is 21.7. The summed E-state index contributed by atoms with van der Waals surface area (Å²) >= 11 is 0. The summed E-state index contributed by atoms with van der Waals surface area (Å²) < 4.78 is 7.26. The predicted octanol–water partition coefficient (Wildman–Crippen LogP) is 5.77. The van der Waals surface area contributed by atoms with Gasteiger partial charge in [-0.25, -0.2) is 4.52 Å². The summed E-state index contributed by atoms with van der Waals surface area (Å²) in [5.74, 6) is 1.63. The van der Waals surface area contributed by atoms with Crippen molar-refractivity contribution in [2.75, 3.05) is 39.8 Å². The minimum atomic E-state index is 0.127. The molecule has 6 heteroatoms. The molecule has 5 rings (SSSR count). The van der Waals surface area contributed by atoms with Crippen LogP contribution < -0.4 is 4.74 Å². The molecular weight excluding hydrogens is 448 g/mol. The molecule has 36 heavy (non-hydrogen) atoms. The lowest BCUT2D eigenvalue weighted by Gasteiger charge is -2.24. The van der Waals surface area contributed by atoms with Crippen molar-refractivity contribution in [1.82, 2.24) is 19.4 Å². The van der Waals surface area contributed by atoms with Gasteiger partial charge in [0.15, 0.2) is 0 Å². The molecule has 190 valence electrons. The minimum Gasteiger partial charge on any atom is -0.497 e. The average Bonchev–Trinajstić information content (AvgIpc) is 3.67. The standard InChI is InChI=1S/C30H38N4O2/c1-3-16-33(22-23-9-10-23)30(35)25-15-20-34-28(21-25)27(8-7-19-32-17-5-4-6-18-32)29(31-34)24-11-13-26(36-2)14-12-24/h7-8,11-15,20-21,23H,3-6,9-10,16-19,22H2,1-2H3/b8-7+. The van der Waals surface area contributed by atoms with Crippen molar-refractivity contribution in [1.29, 1.82) is 0 Å². The van der Waals surface area contributed by atoms with Gasteiger partial charge in [0.25, 0.3) is 5.91 Å². The Morgan fingerprint density at radius 2 is 1.92 bits per heavy atom. The highest BCUT2D eigenvalue weighted by Crippen LogP contribution is 2.32. The van der Waals surface area contributed by atoms with Gasteiger partial charge in [-0.2, -0.15) is 5.10 Å². The molecule has 0 N–H and O–H groups in total. The summed E-state index contributed by atoms with van der Waals surface area (Å²) in [6.07, 6.45) is 13.7. The van der Waals surface area contributed by atoms with Gasteiger partial charge in [0.2, 0.25) is 0 Å². The van der Waals surface area contributed by atoms with Crippen LogP contribution in [0.3, 0.4) is 0 Å². The van der Waals surface area contributed by atoms with Crippen LogP contribution in [0.4, 0.5) is 0 Å². The van der Waals surface area contributed by atoms with Gasteiger partial charge in [0, 0.05) is 42.5 Å². The van der Waals surface area contributed by atoms with Crippen LogP contribution in [0.15, 0.2) is 48.7 Å². The maximum absolute atomic E-state index is 13.5. The fourth-order valence-corrected chi connectivity index (χ4v) is 5.13. The van der Waals surface area contributed by atoms with E-state index in [4.69, 9.17) is 9.84 Å². The second kappa shape index (κ2) is 11.3. The topological polar surface area (TPSA) is 50.1 Å². The molecule has 0 bridgehead atoms. The van der Waals surface area contributed by atoms with Crippen molar-refractivity contribution in [2.45, 2.75) is 45.4 Å². The van der Waals surface area contributed by atoms with Crippen LogP contribution >= 0.6 is 0 Å². The number of aromatic nitrogens is 2. The van der Waals surface area contributed by atoms with Gasteiger partial charge < -0.3 is 9.64 Å². The third-order valence-electron chi connectivity index (χ3n) is 7.34. The maximum atomic E-state index is 13.5. The second-order valence-corrected chi connectivity index (χ2v) is 10.2. The highest BCUT2D eigenvalue weighted by Gasteiger charge is 2.27. The maximum Gasteiger partial charge on any atom is 0.253 e. The molecule has 1 aromatic carbocycles. The number of ether oxygens (including phenoxy) is 1. The predicted molar refractivity (Wildman–Crippen MR) is 145 cm³/mol. The SMILES string of the molecule is CCCN(CC1CC1)C(=O)c1ccn2nc(-c3ccc(OC)cc3)c(/C=C/CN3CCCCC3)c2c1. The first kappa shape index (κ1) is 24.6. The summed E-state index contributed by atoms with van der Waals surface area (Å²) in [7, 11) is 1.68. The smallest absolute Gasteiger partial charge is 0.253 e. The van der Waals surface area contributed by atoms with Gasteiger partial charge in [0.1, 0.15) is 11.4 Å². The number of nitrogens with zero attached hydrogens (tertiary/aromatic N) is 4. The first-order valence-corrected chi connectivity index (χ1v) is 13.5. The molecule has 1 aliphatic carbocycles. The zero-order valence-corrected chi connectivity index (χ0v) is 21.7. The molecule has 1 saturated carbocycles. The van der Waals surface area contributed by atoms with Gasteiger partial charge in [-0.1, -0.05) is 25.5 Å². The summed E-state index contributed by atoms with van der Waals surface area (Å²) in [5, 5.41) is 4.93. The van der Waals surface area contributed by atoms with E-state index in [0.717, 1.165) is 72.8 Å². The summed E-state index contributed by atoms with van der Waals surface area (Å²) in [5.41, 5.74) is 4.70. The number of piperidine rings is 1. The summed E-state index contributed by atoms with van der Waals surface area (Å²) in [6.45, 7) is 7.08. The number of fused-ring (bicyclic) bond motifs is 1. The number of carbonyl (C=O) groups is 1. The molecule has 2 aromatic heterocycles. The molecule has 1 amide bonds. The number of amides is 1. The molecule has 2 aliphatic rings. The van der Waals surface area contributed by atoms with E-state index >= 15 is 0 Å². The average molecular weight is 487 g/mol. The second-order valence-electron chi connectivity index (χ2n) is 10.2. The largest absolute Gasteiger partial charge is 0.497 e. The van der Waals surface area contributed by atoms with E-state index < -0.39 is 0 Å². The van der Waals surface area contributed by atoms with Crippen molar-refractivity contribution in [3.05, 3.63) is 59.8 Å². The molecule has 0 spiro atoms. The van der Waals surface area contributed by atoms with Crippen LogP contribution in [0, 0.1) is 5.92 Å². The van der Waals surface area contributed by atoms with E-state index in [1.165, 1.54) is 32.1 Å². The number of hydrogen-bond donors (Lipinski definition) is 0. The molecular formula is C30H38N4O2. The molecule has 0 atom stereocenters. The minimum absolute atomic E-state index is 0.127. The first-order chi connectivity index (χ1) is 17.7. The molecule has 1 saturated heterocycles. The number of benzene rings is 1. The highest BCUT2D eigenvalue weighted by atomic mass is 16.5. The molecule has 1 aliphatic heterocycles. The van der Waals surface area contributed by atoms with E-state index in [1.807, 2.05) is 52.0 Å². The van der Waals surface area contributed by atoms with Crippen LogP contribution in [0.5, 0.6) is 5.75 Å². The van der Waals surface area contributed by atoms with E-state index in [0.29, 0.717) is 5.92 Å². The lowest BCUT2D eigenvalue weighted by molar-refractivity contribution is 0.0747. The fourth-order valence-electron chi connectivity index (χ4n) is 5.13. The van der Waals surface area contributed by atoms with Crippen LogP contribution in [0.2, 0.25) is 0 Å². The Labute approximate surface area is 214 Å². The lowest BCUT2D eigenvalue weighted by Crippen LogP contribution is -2.33. The van der Waals surface area contributed by atoms with Crippen molar-refractivity contribution in [2.24, 2.45) is 5.92 Å². The number of pyridine rings is 1. The Hall–Kier alpha value is -3.12. The Balaban J connectivity index is 1.50. The number of hydrogen-bond acceptors (Lipinski definition) is 4. The molecule has 3 heterocycles. The van der Waals surface area contributed by atoms with E-state index in [1.54, 1.807) is 7.11 Å². The molecule has 0 unspecified atom stereocenters. The zero-order chi connectivity index (χ0) is 24.9. The summed E-state index contributed by atoms with van der Waals surface area (Å²) in [4.78, 5) is 18.0. The summed E-state index contributed by atoms with van der Waals surface area (Å²) in [6, 6.07) is 12.0. The fraction of sp³-hybridized carbons (Fsp3) is 0.467. The van der Waals surface area contributed by atoms with Crippen molar-refractivity contribution in [3.63, 3.8) is 0 Å². The van der Waals surface area contributed by atoms with Gasteiger partial charge in [-0.05, 0) is 87.5 Å². The van der Waals surface area contributed by atoms with E-state index in [-0.39, 0.29) is 5.91 Å². The normalized spacial score (nSPS) is 16.6. The van der Waals surface area contributed by atoms with E-state index in [9.17, 15) is 4.79 Å². The third kappa shape index (κ3) is 5.65. The Kier molecular flexibility index (Phi) is 7.71. The highest BCUT2D eigenvalue weighted by molar-refractivity contribution is 5.96. The van der Waals surface area contributed by atoms with Crippen molar-refractivity contribution >= 4 is 17.5 Å².